The average Bonchev–Trinajstić information content (AvgIpc) is 2.83. The number of methoxy groups -OCH3 is 1. The number of carbonyl (C=O) groups excluding carboxylic acids is 2. The van der Waals surface area contributed by atoms with E-state index >= 15 is 0 Å². The van der Waals surface area contributed by atoms with Crippen LogP contribution in [0.15, 0.2) is 82.6 Å². The standard InChI is InChI=1S/C27H26N2O3S/c1-18(11-12-19-7-4-3-5-8-19)28-26(30)21-13-14-24-23(17-21)29-27(31)25(33-24)16-20-9-6-10-22(15-20)32-2/h3-10,13-18H,11-12H2,1-2H3,(H,28,30)(H,29,31)/b25-16+/t18-/m0/s1. The van der Waals surface area contributed by atoms with Gasteiger partial charge in [-0.25, -0.2) is 0 Å². The Kier molecular flexibility index (Phi) is 7.15. The van der Waals surface area contributed by atoms with Crippen LogP contribution in [0.5, 0.6) is 5.75 Å². The van der Waals surface area contributed by atoms with Crippen LogP contribution in [-0.2, 0) is 11.2 Å². The maximum atomic E-state index is 12.7. The monoisotopic (exact) mass is 458 g/mol. The fraction of sp³-hybridized carbons (Fsp3) is 0.185. The van der Waals surface area contributed by atoms with E-state index in [0.717, 1.165) is 29.1 Å². The van der Waals surface area contributed by atoms with Gasteiger partial charge in [0.2, 0.25) is 0 Å². The summed E-state index contributed by atoms with van der Waals surface area (Å²) in [5.74, 6) is 0.402. The molecular formula is C27H26N2O3S. The van der Waals surface area contributed by atoms with E-state index in [4.69, 9.17) is 4.74 Å². The van der Waals surface area contributed by atoms with E-state index in [0.29, 0.717) is 16.2 Å². The zero-order valence-corrected chi connectivity index (χ0v) is 19.4. The van der Waals surface area contributed by atoms with Crippen molar-refractivity contribution in [1.82, 2.24) is 5.32 Å². The van der Waals surface area contributed by atoms with Crippen LogP contribution < -0.4 is 15.4 Å². The van der Waals surface area contributed by atoms with Gasteiger partial charge in [-0.05, 0) is 67.3 Å². The van der Waals surface area contributed by atoms with Crippen LogP contribution in [0.3, 0.4) is 0 Å². The number of rotatable bonds is 7. The number of thioether (sulfide) groups is 1. The van der Waals surface area contributed by atoms with Crippen molar-refractivity contribution in [2.24, 2.45) is 0 Å². The Morgan fingerprint density at radius 2 is 1.91 bits per heavy atom. The maximum absolute atomic E-state index is 12.7. The highest BCUT2D eigenvalue weighted by Crippen LogP contribution is 2.39. The van der Waals surface area contributed by atoms with Crippen molar-refractivity contribution in [2.75, 3.05) is 12.4 Å². The van der Waals surface area contributed by atoms with Crippen LogP contribution >= 0.6 is 11.8 Å². The number of amides is 2. The molecule has 1 atom stereocenters. The molecule has 0 bridgehead atoms. The van der Waals surface area contributed by atoms with Gasteiger partial charge in [-0.2, -0.15) is 0 Å². The third kappa shape index (κ3) is 5.84. The van der Waals surface area contributed by atoms with Gasteiger partial charge >= 0.3 is 0 Å². The first-order valence-electron chi connectivity index (χ1n) is 10.9. The minimum atomic E-state index is -0.191. The Bertz CT molecular complexity index is 1190. The first kappa shape index (κ1) is 22.7. The molecule has 0 aromatic heterocycles. The van der Waals surface area contributed by atoms with Crippen LogP contribution in [0.1, 0.15) is 34.8 Å². The molecule has 1 aliphatic heterocycles. The smallest absolute Gasteiger partial charge is 0.262 e. The highest BCUT2D eigenvalue weighted by Gasteiger charge is 2.22. The van der Waals surface area contributed by atoms with Gasteiger partial charge in [0.1, 0.15) is 5.75 Å². The number of ether oxygens (including phenoxy) is 1. The second kappa shape index (κ2) is 10.4. The van der Waals surface area contributed by atoms with E-state index in [-0.39, 0.29) is 17.9 Å². The van der Waals surface area contributed by atoms with E-state index in [9.17, 15) is 9.59 Å². The summed E-state index contributed by atoms with van der Waals surface area (Å²) in [6.45, 7) is 2.01. The van der Waals surface area contributed by atoms with Gasteiger partial charge in [-0.15, -0.1) is 0 Å². The van der Waals surface area contributed by atoms with E-state index in [1.807, 2.05) is 61.5 Å². The molecule has 2 N–H and O–H groups in total. The number of anilines is 1. The number of carbonyl (C=O) groups is 2. The Hall–Kier alpha value is -3.51. The van der Waals surface area contributed by atoms with Crippen molar-refractivity contribution in [1.29, 1.82) is 0 Å². The first-order chi connectivity index (χ1) is 16.0. The lowest BCUT2D eigenvalue weighted by Gasteiger charge is -2.20. The highest BCUT2D eigenvalue weighted by molar-refractivity contribution is 8.04. The third-order valence-corrected chi connectivity index (χ3v) is 6.51. The average molecular weight is 459 g/mol. The quantitative estimate of drug-likeness (QED) is 0.457. The Morgan fingerprint density at radius 1 is 1.09 bits per heavy atom. The molecule has 3 aromatic rings. The molecule has 0 spiro atoms. The molecule has 0 saturated carbocycles. The molecule has 33 heavy (non-hydrogen) atoms. The van der Waals surface area contributed by atoms with E-state index < -0.39 is 0 Å². The van der Waals surface area contributed by atoms with Gasteiger partial charge in [0.25, 0.3) is 11.8 Å². The van der Waals surface area contributed by atoms with Crippen molar-refractivity contribution in [3.8, 4) is 5.75 Å². The van der Waals surface area contributed by atoms with Gasteiger partial charge in [-0.1, -0.05) is 54.2 Å². The van der Waals surface area contributed by atoms with E-state index in [2.05, 4.69) is 22.8 Å². The van der Waals surface area contributed by atoms with Crippen LogP contribution in [0.25, 0.3) is 6.08 Å². The van der Waals surface area contributed by atoms with Crippen molar-refractivity contribution < 1.29 is 14.3 Å². The lowest BCUT2D eigenvalue weighted by atomic mass is 10.1. The number of benzene rings is 3. The van der Waals surface area contributed by atoms with Gasteiger partial charge in [0.05, 0.1) is 17.7 Å². The largest absolute Gasteiger partial charge is 0.497 e. The number of hydrogen-bond acceptors (Lipinski definition) is 4. The van der Waals surface area contributed by atoms with Gasteiger partial charge < -0.3 is 15.4 Å². The lowest BCUT2D eigenvalue weighted by molar-refractivity contribution is -0.112. The normalized spacial score (nSPS) is 14.8. The molecule has 5 nitrogen and oxygen atoms in total. The number of nitrogens with one attached hydrogen (secondary N) is 2. The SMILES string of the molecule is COc1cccc(/C=C2/Sc3ccc(C(=O)N[C@@H](C)CCc4ccccc4)cc3NC2=O)c1. The summed E-state index contributed by atoms with van der Waals surface area (Å²) in [5, 5.41) is 5.97. The summed E-state index contributed by atoms with van der Waals surface area (Å²) in [4.78, 5) is 26.9. The molecule has 3 aromatic carbocycles. The minimum absolute atomic E-state index is 0.0371. The first-order valence-corrected chi connectivity index (χ1v) is 11.7. The second-order valence-electron chi connectivity index (χ2n) is 7.95. The summed E-state index contributed by atoms with van der Waals surface area (Å²) >= 11 is 1.39. The molecular weight excluding hydrogens is 432 g/mol. The molecule has 0 saturated heterocycles. The summed E-state index contributed by atoms with van der Waals surface area (Å²) in [6.07, 6.45) is 3.59. The van der Waals surface area contributed by atoms with Crippen molar-refractivity contribution in [2.45, 2.75) is 30.7 Å². The number of aryl methyl sites for hydroxylation is 1. The third-order valence-electron chi connectivity index (χ3n) is 5.41. The fourth-order valence-corrected chi connectivity index (χ4v) is 4.52. The molecule has 4 rings (SSSR count). The molecule has 2 amide bonds. The zero-order chi connectivity index (χ0) is 23.2. The molecule has 0 fully saturated rings. The molecule has 168 valence electrons. The van der Waals surface area contributed by atoms with Crippen LogP contribution in [-0.4, -0.2) is 25.0 Å². The lowest BCUT2D eigenvalue weighted by Crippen LogP contribution is -2.33. The zero-order valence-electron chi connectivity index (χ0n) is 18.6. The molecule has 6 heteroatoms. The topological polar surface area (TPSA) is 67.4 Å². The molecule has 0 radical (unpaired) electrons. The van der Waals surface area contributed by atoms with Gasteiger partial charge in [0.15, 0.2) is 0 Å². The predicted molar refractivity (Wildman–Crippen MR) is 134 cm³/mol. The Morgan fingerprint density at radius 3 is 2.70 bits per heavy atom. The molecule has 0 aliphatic carbocycles. The summed E-state index contributed by atoms with van der Waals surface area (Å²) in [6, 6.07) is 23.2. The molecule has 1 aliphatic rings. The minimum Gasteiger partial charge on any atom is -0.497 e. The predicted octanol–water partition coefficient (Wildman–Crippen LogP) is 5.53. The van der Waals surface area contributed by atoms with Crippen molar-refractivity contribution >= 4 is 35.3 Å². The van der Waals surface area contributed by atoms with Gasteiger partial charge in [-0.3, -0.25) is 9.59 Å². The van der Waals surface area contributed by atoms with Crippen molar-refractivity contribution in [3.05, 3.63) is 94.4 Å². The summed E-state index contributed by atoms with van der Waals surface area (Å²) in [5.41, 5.74) is 3.32. The maximum Gasteiger partial charge on any atom is 0.262 e. The van der Waals surface area contributed by atoms with Crippen LogP contribution in [0, 0.1) is 0 Å². The van der Waals surface area contributed by atoms with Crippen LogP contribution in [0.2, 0.25) is 0 Å². The second-order valence-corrected chi connectivity index (χ2v) is 9.03. The highest BCUT2D eigenvalue weighted by atomic mass is 32.2. The van der Waals surface area contributed by atoms with Crippen molar-refractivity contribution in [3.63, 3.8) is 0 Å². The van der Waals surface area contributed by atoms with Gasteiger partial charge in [0, 0.05) is 16.5 Å². The fourth-order valence-electron chi connectivity index (χ4n) is 3.59. The Labute approximate surface area is 198 Å². The summed E-state index contributed by atoms with van der Waals surface area (Å²) < 4.78 is 5.25. The number of hydrogen-bond donors (Lipinski definition) is 2. The molecule has 0 unspecified atom stereocenters. The van der Waals surface area contributed by atoms with Crippen LogP contribution in [0.4, 0.5) is 5.69 Å². The van der Waals surface area contributed by atoms with E-state index in [1.54, 1.807) is 19.2 Å². The summed E-state index contributed by atoms with van der Waals surface area (Å²) in [7, 11) is 1.61. The Balaban J connectivity index is 1.41. The van der Waals surface area contributed by atoms with E-state index in [1.165, 1.54) is 17.3 Å². The number of fused-ring (bicyclic) bond motifs is 1. The molecule has 1 heterocycles.